The van der Waals surface area contributed by atoms with Crippen molar-refractivity contribution < 1.29 is 4.39 Å². The van der Waals surface area contributed by atoms with Crippen LogP contribution in [0, 0.1) is 19.7 Å². The second kappa shape index (κ2) is 6.25. The zero-order valence-corrected chi connectivity index (χ0v) is 13.9. The zero-order chi connectivity index (χ0) is 14.9. The van der Waals surface area contributed by atoms with Gasteiger partial charge in [-0.1, -0.05) is 39.7 Å². The van der Waals surface area contributed by atoms with E-state index in [1.807, 2.05) is 45.2 Å². The van der Waals surface area contributed by atoms with Crippen LogP contribution in [0.2, 0.25) is 5.02 Å². The molecule has 1 N–H and O–H groups in total. The first-order chi connectivity index (χ1) is 9.43. The summed E-state index contributed by atoms with van der Waals surface area (Å²) >= 11 is 9.47. The van der Waals surface area contributed by atoms with Crippen LogP contribution in [0.15, 0.2) is 34.8 Å². The van der Waals surface area contributed by atoms with Crippen molar-refractivity contribution in [1.82, 2.24) is 5.32 Å². The van der Waals surface area contributed by atoms with Gasteiger partial charge in [0.1, 0.15) is 5.82 Å². The van der Waals surface area contributed by atoms with Crippen LogP contribution in [-0.4, -0.2) is 7.05 Å². The van der Waals surface area contributed by atoms with Crippen molar-refractivity contribution in [2.45, 2.75) is 19.9 Å². The monoisotopic (exact) mass is 355 g/mol. The molecule has 0 aliphatic rings. The van der Waals surface area contributed by atoms with Gasteiger partial charge in [0, 0.05) is 15.1 Å². The number of hydrogen-bond acceptors (Lipinski definition) is 1. The molecular formula is C16H16BrClFN. The SMILES string of the molecule is CNC(c1ccc(Cl)cc1Br)c1c(C)cc(C)cc1F. The number of nitrogens with one attached hydrogen (secondary N) is 1. The molecule has 0 aliphatic heterocycles. The fourth-order valence-corrected chi connectivity index (χ4v) is 3.40. The lowest BCUT2D eigenvalue weighted by Crippen LogP contribution is -2.20. The average Bonchev–Trinajstić information content (AvgIpc) is 2.34. The predicted octanol–water partition coefficient (Wildman–Crippen LogP) is 5.17. The first-order valence-electron chi connectivity index (χ1n) is 6.33. The Bertz CT molecular complexity index is 619. The maximum absolute atomic E-state index is 14.4. The second-order valence-electron chi connectivity index (χ2n) is 4.86. The van der Waals surface area contributed by atoms with Gasteiger partial charge in [-0.2, -0.15) is 0 Å². The van der Waals surface area contributed by atoms with Crippen molar-refractivity contribution in [2.75, 3.05) is 7.05 Å². The fraction of sp³-hybridized carbons (Fsp3) is 0.250. The van der Waals surface area contributed by atoms with Gasteiger partial charge in [-0.05, 0) is 55.8 Å². The highest BCUT2D eigenvalue weighted by Crippen LogP contribution is 2.33. The smallest absolute Gasteiger partial charge is 0.128 e. The van der Waals surface area contributed by atoms with Crippen molar-refractivity contribution in [3.63, 3.8) is 0 Å². The zero-order valence-electron chi connectivity index (χ0n) is 11.6. The summed E-state index contributed by atoms with van der Waals surface area (Å²) in [7, 11) is 1.82. The van der Waals surface area contributed by atoms with Gasteiger partial charge >= 0.3 is 0 Å². The Morgan fingerprint density at radius 3 is 2.45 bits per heavy atom. The van der Waals surface area contributed by atoms with Crippen LogP contribution in [0.25, 0.3) is 0 Å². The molecule has 0 fully saturated rings. The molecule has 1 unspecified atom stereocenters. The minimum Gasteiger partial charge on any atom is -0.309 e. The van der Waals surface area contributed by atoms with Crippen molar-refractivity contribution in [1.29, 1.82) is 0 Å². The molecule has 0 spiro atoms. The number of rotatable bonds is 3. The minimum absolute atomic E-state index is 0.191. The molecule has 1 nitrogen and oxygen atoms in total. The molecule has 20 heavy (non-hydrogen) atoms. The summed E-state index contributed by atoms with van der Waals surface area (Å²) in [6.07, 6.45) is 0. The van der Waals surface area contributed by atoms with E-state index in [9.17, 15) is 4.39 Å². The highest BCUT2D eigenvalue weighted by atomic mass is 79.9. The summed E-state index contributed by atoms with van der Waals surface area (Å²) in [6.45, 7) is 3.83. The standard InChI is InChI=1S/C16H16BrClFN/c1-9-6-10(2)15(14(19)7-9)16(20-3)12-5-4-11(18)8-13(12)17/h4-8,16,20H,1-3H3. The predicted molar refractivity (Wildman–Crippen MR) is 85.9 cm³/mol. The van der Waals surface area contributed by atoms with E-state index in [1.54, 1.807) is 6.07 Å². The molecule has 0 radical (unpaired) electrons. The molecule has 2 aromatic carbocycles. The van der Waals surface area contributed by atoms with Gasteiger partial charge < -0.3 is 5.32 Å². The fourth-order valence-electron chi connectivity index (χ4n) is 2.48. The van der Waals surface area contributed by atoms with E-state index in [4.69, 9.17) is 11.6 Å². The summed E-state index contributed by atoms with van der Waals surface area (Å²) in [5.74, 6) is -0.191. The Morgan fingerprint density at radius 1 is 1.20 bits per heavy atom. The Kier molecular flexibility index (Phi) is 4.84. The van der Waals surface area contributed by atoms with E-state index in [-0.39, 0.29) is 11.9 Å². The van der Waals surface area contributed by atoms with Crippen LogP contribution in [0.4, 0.5) is 4.39 Å². The molecule has 0 aliphatic carbocycles. The molecule has 0 heterocycles. The van der Waals surface area contributed by atoms with Gasteiger partial charge in [0.05, 0.1) is 6.04 Å². The van der Waals surface area contributed by atoms with E-state index >= 15 is 0 Å². The van der Waals surface area contributed by atoms with E-state index in [0.717, 1.165) is 21.2 Å². The summed E-state index contributed by atoms with van der Waals surface area (Å²) in [6, 6.07) is 8.88. The van der Waals surface area contributed by atoms with E-state index < -0.39 is 0 Å². The molecule has 1 atom stereocenters. The van der Waals surface area contributed by atoms with Crippen molar-refractivity contribution in [3.05, 3.63) is 67.9 Å². The summed E-state index contributed by atoms with van der Waals surface area (Å²) in [4.78, 5) is 0. The third-order valence-electron chi connectivity index (χ3n) is 3.33. The lowest BCUT2D eigenvalue weighted by Gasteiger charge is -2.22. The first-order valence-corrected chi connectivity index (χ1v) is 7.50. The first kappa shape index (κ1) is 15.5. The molecule has 0 bridgehead atoms. The largest absolute Gasteiger partial charge is 0.309 e. The van der Waals surface area contributed by atoms with Crippen LogP contribution in [-0.2, 0) is 0 Å². The molecule has 2 rings (SSSR count). The van der Waals surface area contributed by atoms with Gasteiger partial charge in [0.2, 0.25) is 0 Å². The lowest BCUT2D eigenvalue weighted by molar-refractivity contribution is 0.571. The normalized spacial score (nSPS) is 12.5. The van der Waals surface area contributed by atoms with E-state index in [2.05, 4.69) is 21.2 Å². The lowest BCUT2D eigenvalue weighted by atomic mass is 9.93. The Balaban J connectivity index is 2.58. The topological polar surface area (TPSA) is 12.0 Å². The summed E-state index contributed by atoms with van der Waals surface area (Å²) in [5.41, 5.74) is 3.49. The van der Waals surface area contributed by atoms with Gasteiger partial charge in [-0.25, -0.2) is 4.39 Å². The molecule has 0 amide bonds. The molecule has 4 heteroatoms. The Labute approximate surface area is 132 Å². The quantitative estimate of drug-likeness (QED) is 0.800. The Hall–Kier alpha value is -0.900. The molecule has 0 aromatic heterocycles. The average molecular weight is 357 g/mol. The molecule has 0 saturated heterocycles. The van der Waals surface area contributed by atoms with Crippen LogP contribution < -0.4 is 5.32 Å². The molecule has 106 valence electrons. The molecular weight excluding hydrogens is 341 g/mol. The molecule has 2 aromatic rings. The van der Waals surface area contributed by atoms with Crippen molar-refractivity contribution in [2.24, 2.45) is 0 Å². The summed E-state index contributed by atoms with van der Waals surface area (Å²) < 4.78 is 15.2. The van der Waals surface area contributed by atoms with E-state index in [1.165, 1.54) is 0 Å². The van der Waals surface area contributed by atoms with Crippen LogP contribution in [0.3, 0.4) is 0 Å². The van der Waals surface area contributed by atoms with Crippen molar-refractivity contribution in [3.8, 4) is 0 Å². The number of aryl methyl sites for hydroxylation is 2. The highest BCUT2D eigenvalue weighted by molar-refractivity contribution is 9.10. The van der Waals surface area contributed by atoms with Gasteiger partial charge in [0.25, 0.3) is 0 Å². The number of hydrogen-bond donors (Lipinski definition) is 1. The Morgan fingerprint density at radius 2 is 1.90 bits per heavy atom. The van der Waals surface area contributed by atoms with Gasteiger partial charge in [-0.15, -0.1) is 0 Å². The maximum Gasteiger partial charge on any atom is 0.128 e. The highest BCUT2D eigenvalue weighted by Gasteiger charge is 2.21. The minimum atomic E-state index is -0.220. The van der Waals surface area contributed by atoms with Crippen LogP contribution in [0.5, 0.6) is 0 Å². The van der Waals surface area contributed by atoms with Gasteiger partial charge in [-0.3, -0.25) is 0 Å². The third-order valence-corrected chi connectivity index (χ3v) is 4.25. The van der Waals surface area contributed by atoms with E-state index in [0.29, 0.717) is 10.6 Å². The molecule has 0 saturated carbocycles. The number of benzene rings is 2. The summed E-state index contributed by atoms with van der Waals surface area (Å²) in [5, 5.41) is 3.83. The van der Waals surface area contributed by atoms with Crippen LogP contribution >= 0.6 is 27.5 Å². The van der Waals surface area contributed by atoms with Gasteiger partial charge in [0.15, 0.2) is 0 Å². The third kappa shape index (κ3) is 3.05. The second-order valence-corrected chi connectivity index (χ2v) is 6.16. The van der Waals surface area contributed by atoms with Crippen molar-refractivity contribution >= 4 is 27.5 Å². The number of halogens is 3. The van der Waals surface area contributed by atoms with Crippen LogP contribution in [0.1, 0.15) is 28.3 Å². The maximum atomic E-state index is 14.4.